The third-order valence-corrected chi connectivity index (χ3v) is 8.98. The molecule has 1 N–H and O–H groups in total. The number of rotatable bonds is 8. The van der Waals surface area contributed by atoms with Gasteiger partial charge in [-0.05, 0) is 80.7 Å². The van der Waals surface area contributed by atoms with E-state index in [1.54, 1.807) is 11.3 Å². The van der Waals surface area contributed by atoms with E-state index in [0.717, 1.165) is 46.1 Å². The fourth-order valence-corrected chi connectivity index (χ4v) is 6.54. The summed E-state index contributed by atoms with van der Waals surface area (Å²) in [6.45, 7) is 6.97. The number of nitrogens with zero attached hydrogens (tertiary/aromatic N) is 4. The smallest absolute Gasteiger partial charge is 0.227 e. The van der Waals surface area contributed by atoms with Crippen molar-refractivity contribution in [1.29, 1.82) is 0 Å². The van der Waals surface area contributed by atoms with Crippen LogP contribution in [0.1, 0.15) is 28.8 Å². The quantitative estimate of drug-likeness (QED) is 0.486. The molecular formula is C25H31N5O3S2. The van der Waals surface area contributed by atoms with E-state index in [9.17, 15) is 8.42 Å². The topological polar surface area (TPSA) is 87.7 Å². The zero-order chi connectivity index (χ0) is 24.4. The monoisotopic (exact) mass is 513 g/mol. The highest BCUT2D eigenvalue weighted by Crippen LogP contribution is 2.36. The van der Waals surface area contributed by atoms with Gasteiger partial charge in [0.15, 0.2) is 0 Å². The van der Waals surface area contributed by atoms with E-state index in [4.69, 9.17) is 9.72 Å². The maximum Gasteiger partial charge on any atom is 0.227 e. The van der Waals surface area contributed by atoms with E-state index in [1.807, 2.05) is 37.4 Å². The number of likely N-dealkylation sites (tertiary alicyclic amines) is 1. The van der Waals surface area contributed by atoms with Crippen molar-refractivity contribution in [3.63, 3.8) is 0 Å². The van der Waals surface area contributed by atoms with Gasteiger partial charge in [0.1, 0.15) is 12.4 Å². The normalized spacial score (nSPS) is 16.9. The molecule has 2 aromatic heterocycles. The second kappa shape index (κ2) is 10.2. The van der Waals surface area contributed by atoms with Crippen molar-refractivity contribution in [2.24, 2.45) is 0 Å². The molecule has 186 valence electrons. The summed E-state index contributed by atoms with van der Waals surface area (Å²) in [6.07, 6.45) is 6.40. The molecule has 4 heterocycles. The Labute approximate surface area is 211 Å². The molecule has 3 aromatic rings. The molecule has 0 aliphatic carbocycles. The lowest BCUT2D eigenvalue weighted by atomic mass is 10.1. The van der Waals surface area contributed by atoms with Crippen LogP contribution in [0.25, 0.3) is 10.6 Å². The van der Waals surface area contributed by atoms with Gasteiger partial charge in [0.05, 0.1) is 16.8 Å². The average Bonchev–Trinajstić information content (AvgIpc) is 3.50. The minimum Gasteiger partial charge on any atom is -0.492 e. The van der Waals surface area contributed by atoms with Crippen LogP contribution in [0, 0.1) is 6.92 Å². The molecule has 8 nitrogen and oxygen atoms in total. The van der Waals surface area contributed by atoms with Crippen molar-refractivity contribution in [2.45, 2.75) is 32.7 Å². The molecule has 2 aliphatic heterocycles. The second-order valence-corrected chi connectivity index (χ2v) is 12.3. The van der Waals surface area contributed by atoms with Crippen molar-refractivity contribution in [1.82, 2.24) is 19.2 Å². The summed E-state index contributed by atoms with van der Waals surface area (Å²) in [5, 5.41) is 3.29. The Morgan fingerprint density at radius 2 is 1.91 bits per heavy atom. The third kappa shape index (κ3) is 5.83. The third-order valence-electron chi connectivity index (χ3n) is 6.49. The van der Waals surface area contributed by atoms with Crippen LogP contribution in [0.4, 0.5) is 11.6 Å². The second-order valence-electron chi connectivity index (χ2n) is 9.18. The number of thiophene rings is 1. The van der Waals surface area contributed by atoms with Crippen LogP contribution >= 0.6 is 11.3 Å². The average molecular weight is 514 g/mol. The molecule has 0 amide bonds. The molecule has 35 heavy (non-hydrogen) atoms. The maximum atomic E-state index is 12.0. The summed E-state index contributed by atoms with van der Waals surface area (Å²) in [5.41, 5.74) is 3.81. The highest BCUT2D eigenvalue weighted by molar-refractivity contribution is 7.88. The van der Waals surface area contributed by atoms with E-state index in [0.29, 0.717) is 25.6 Å². The van der Waals surface area contributed by atoms with Gasteiger partial charge in [0, 0.05) is 36.4 Å². The first kappa shape index (κ1) is 24.2. The van der Waals surface area contributed by atoms with E-state index >= 15 is 0 Å². The lowest BCUT2D eigenvalue weighted by Gasteiger charge is -2.24. The fraction of sp³-hybridized carbons (Fsp3) is 0.440. The van der Waals surface area contributed by atoms with Crippen molar-refractivity contribution in [2.75, 3.05) is 44.4 Å². The van der Waals surface area contributed by atoms with Crippen LogP contribution in [0.15, 0.2) is 36.5 Å². The molecule has 1 aromatic carbocycles. The lowest BCUT2D eigenvalue weighted by Crippen LogP contribution is -2.34. The summed E-state index contributed by atoms with van der Waals surface area (Å²) in [6, 6.07) is 9.94. The number of aromatic nitrogens is 2. The molecule has 1 saturated heterocycles. The van der Waals surface area contributed by atoms with Gasteiger partial charge in [-0.2, -0.15) is 4.31 Å². The molecule has 2 aliphatic rings. The number of fused-ring (bicyclic) bond motifs is 1. The SMILES string of the molecule is Cc1cnc(Nc2ccc(OCCN3CCCC3)cc2)nc1-c1cc2c(s1)CCN(S(C)(=O)=O)C2. The summed E-state index contributed by atoms with van der Waals surface area (Å²) in [4.78, 5) is 13.9. The van der Waals surface area contributed by atoms with E-state index in [1.165, 1.54) is 41.4 Å². The number of hydrogen-bond donors (Lipinski definition) is 1. The van der Waals surface area contributed by atoms with E-state index in [-0.39, 0.29) is 0 Å². The minimum absolute atomic E-state index is 0.423. The standard InChI is InChI=1S/C25H31N5O3S2/c1-18-16-26-25(27-20-5-7-21(8-6-20)33-14-13-29-10-3-4-11-29)28-24(18)23-15-19-17-30(35(2,31)32)12-9-22(19)34-23/h5-8,15-16H,3-4,9-14,17H2,1-2H3,(H,26,27,28). The Bertz CT molecular complexity index is 1280. The number of nitrogens with one attached hydrogen (secondary N) is 1. The summed E-state index contributed by atoms with van der Waals surface area (Å²) in [7, 11) is -3.19. The summed E-state index contributed by atoms with van der Waals surface area (Å²) >= 11 is 1.69. The number of anilines is 2. The van der Waals surface area contributed by atoms with Gasteiger partial charge in [-0.1, -0.05) is 0 Å². The van der Waals surface area contributed by atoms with Crippen molar-refractivity contribution in [3.05, 3.63) is 52.5 Å². The first-order valence-electron chi connectivity index (χ1n) is 12.0. The fourth-order valence-electron chi connectivity index (χ4n) is 4.52. The van der Waals surface area contributed by atoms with Gasteiger partial charge < -0.3 is 10.1 Å². The Morgan fingerprint density at radius 1 is 1.14 bits per heavy atom. The van der Waals surface area contributed by atoms with E-state index < -0.39 is 10.0 Å². The first-order chi connectivity index (χ1) is 16.8. The van der Waals surface area contributed by atoms with E-state index in [2.05, 4.69) is 21.3 Å². The zero-order valence-electron chi connectivity index (χ0n) is 20.2. The predicted molar refractivity (Wildman–Crippen MR) is 140 cm³/mol. The van der Waals surface area contributed by atoms with Crippen molar-refractivity contribution < 1.29 is 13.2 Å². The van der Waals surface area contributed by atoms with Crippen LogP contribution in [-0.4, -0.2) is 66.6 Å². The van der Waals surface area contributed by atoms with Gasteiger partial charge in [0.25, 0.3) is 0 Å². The van der Waals surface area contributed by atoms with Crippen molar-refractivity contribution in [3.8, 4) is 16.3 Å². The van der Waals surface area contributed by atoms with Crippen LogP contribution in [0.3, 0.4) is 0 Å². The van der Waals surface area contributed by atoms with Gasteiger partial charge in [-0.25, -0.2) is 18.4 Å². The molecule has 0 bridgehead atoms. The summed E-state index contributed by atoms with van der Waals surface area (Å²) < 4.78 is 31.4. The van der Waals surface area contributed by atoms with Gasteiger partial charge >= 0.3 is 0 Å². The Hall–Kier alpha value is -2.53. The molecule has 5 rings (SSSR count). The zero-order valence-corrected chi connectivity index (χ0v) is 21.8. The number of sulfonamides is 1. The predicted octanol–water partition coefficient (Wildman–Crippen LogP) is 4.05. The lowest BCUT2D eigenvalue weighted by molar-refractivity contribution is 0.238. The van der Waals surface area contributed by atoms with Crippen LogP contribution in [0.5, 0.6) is 5.75 Å². The molecule has 0 unspecified atom stereocenters. The highest BCUT2D eigenvalue weighted by atomic mass is 32.2. The van der Waals surface area contributed by atoms with Gasteiger partial charge in [-0.3, -0.25) is 4.90 Å². The van der Waals surface area contributed by atoms with Crippen LogP contribution < -0.4 is 10.1 Å². The number of aryl methyl sites for hydroxylation is 1. The molecule has 0 atom stereocenters. The molecular weight excluding hydrogens is 482 g/mol. The molecule has 1 fully saturated rings. The minimum atomic E-state index is -3.19. The summed E-state index contributed by atoms with van der Waals surface area (Å²) in [5.74, 6) is 1.38. The largest absolute Gasteiger partial charge is 0.492 e. The molecule has 0 radical (unpaired) electrons. The Balaban J connectivity index is 1.25. The Morgan fingerprint density at radius 3 is 2.66 bits per heavy atom. The maximum absolute atomic E-state index is 12.0. The van der Waals surface area contributed by atoms with Crippen LogP contribution in [-0.2, 0) is 23.0 Å². The van der Waals surface area contributed by atoms with Crippen LogP contribution in [0.2, 0.25) is 0 Å². The number of ether oxygens (including phenoxy) is 1. The Kier molecular flexibility index (Phi) is 7.06. The molecule has 0 saturated carbocycles. The van der Waals surface area contributed by atoms with Crippen molar-refractivity contribution >= 4 is 33.0 Å². The highest BCUT2D eigenvalue weighted by Gasteiger charge is 2.25. The number of hydrogen-bond acceptors (Lipinski definition) is 8. The molecule has 0 spiro atoms. The van der Waals surface area contributed by atoms with Gasteiger partial charge in [0.2, 0.25) is 16.0 Å². The van der Waals surface area contributed by atoms with Gasteiger partial charge in [-0.15, -0.1) is 11.3 Å². The number of benzene rings is 1. The first-order valence-corrected chi connectivity index (χ1v) is 14.6. The molecule has 10 heteroatoms.